The standard InChI is InChI=1S/C11H16N2OS/c1-8(2)6-13-10(14)5-12-11(13)9-3-4-15-7-9/h3-4,7-8,11-12H,5-6H2,1-2H3. The Morgan fingerprint density at radius 3 is 3.07 bits per heavy atom. The van der Waals surface area contributed by atoms with Crippen LogP contribution < -0.4 is 5.32 Å². The second kappa shape index (κ2) is 4.33. The molecule has 82 valence electrons. The first kappa shape index (κ1) is 10.6. The highest BCUT2D eigenvalue weighted by Crippen LogP contribution is 2.24. The molecule has 0 saturated carbocycles. The Labute approximate surface area is 94.1 Å². The van der Waals surface area contributed by atoms with Crippen LogP contribution in [0.1, 0.15) is 25.6 Å². The number of hydrogen-bond donors (Lipinski definition) is 1. The highest BCUT2D eigenvalue weighted by Gasteiger charge is 2.31. The smallest absolute Gasteiger partial charge is 0.238 e. The molecule has 0 aliphatic carbocycles. The highest BCUT2D eigenvalue weighted by atomic mass is 32.1. The minimum absolute atomic E-state index is 0.0890. The SMILES string of the molecule is CC(C)CN1C(=O)CNC1c1ccsc1. The third-order valence-corrected chi connectivity index (χ3v) is 3.20. The van der Waals surface area contributed by atoms with Crippen LogP contribution >= 0.6 is 11.3 Å². The van der Waals surface area contributed by atoms with Crippen molar-refractivity contribution in [2.45, 2.75) is 20.0 Å². The summed E-state index contributed by atoms with van der Waals surface area (Å²) < 4.78 is 0. The van der Waals surface area contributed by atoms with Gasteiger partial charge in [-0.05, 0) is 28.3 Å². The molecule has 0 bridgehead atoms. The number of carbonyl (C=O) groups excluding carboxylic acids is 1. The maximum atomic E-state index is 11.7. The topological polar surface area (TPSA) is 32.3 Å². The van der Waals surface area contributed by atoms with Gasteiger partial charge in [0.05, 0.1) is 6.54 Å². The number of hydrogen-bond acceptors (Lipinski definition) is 3. The molecule has 1 aromatic rings. The van der Waals surface area contributed by atoms with Gasteiger partial charge in [0, 0.05) is 6.54 Å². The molecule has 1 N–H and O–H groups in total. The number of nitrogens with one attached hydrogen (secondary N) is 1. The fourth-order valence-electron chi connectivity index (χ4n) is 1.87. The molecule has 0 radical (unpaired) electrons. The molecule has 15 heavy (non-hydrogen) atoms. The summed E-state index contributed by atoms with van der Waals surface area (Å²) >= 11 is 1.67. The van der Waals surface area contributed by atoms with E-state index in [1.54, 1.807) is 11.3 Å². The normalized spacial score (nSPS) is 21.7. The van der Waals surface area contributed by atoms with Crippen molar-refractivity contribution in [1.29, 1.82) is 0 Å². The Balaban J connectivity index is 2.14. The van der Waals surface area contributed by atoms with E-state index in [1.165, 1.54) is 5.56 Å². The van der Waals surface area contributed by atoms with Crippen molar-refractivity contribution in [3.63, 3.8) is 0 Å². The molecule has 3 nitrogen and oxygen atoms in total. The summed E-state index contributed by atoms with van der Waals surface area (Å²) in [7, 11) is 0. The van der Waals surface area contributed by atoms with Crippen molar-refractivity contribution in [3.05, 3.63) is 22.4 Å². The maximum Gasteiger partial charge on any atom is 0.238 e. The van der Waals surface area contributed by atoms with Gasteiger partial charge in [0.1, 0.15) is 6.17 Å². The molecule has 1 amide bonds. The van der Waals surface area contributed by atoms with E-state index in [-0.39, 0.29) is 12.1 Å². The first-order chi connectivity index (χ1) is 7.18. The lowest BCUT2D eigenvalue weighted by Gasteiger charge is -2.25. The predicted octanol–water partition coefficient (Wildman–Crippen LogP) is 1.83. The van der Waals surface area contributed by atoms with Gasteiger partial charge in [0.15, 0.2) is 0 Å². The number of carbonyl (C=O) groups is 1. The second-order valence-corrected chi connectivity index (χ2v) is 5.06. The van der Waals surface area contributed by atoms with Crippen molar-refractivity contribution in [3.8, 4) is 0 Å². The first-order valence-corrected chi connectivity index (χ1v) is 6.17. The quantitative estimate of drug-likeness (QED) is 0.849. The molecule has 1 aromatic heterocycles. The monoisotopic (exact) mass is 224 g/mol. The Morgan fingerprint density at radius 2 is 2.47 bits per heavy atom. The summed E-state index contributed by atoms with van der Waals surface area (Å²) in [6.45, 7) is 5.56. The Bertz CT molecular complexity index is 334. The minimum atomic E-state index is 0.0890. The van der Waals surface area contributed by atoms with Gasteiger partial charge in [-0.2, -0.15) is 11.3 Å². The lowest BCUT2D eigenvalue weighted by atomic mass is 10.2. The molecule has 0 aromatic carbocycles. The van der Waals surface area contributed by atoms with E-state index in [1.807, 2.05) is 10.3 Å². The van der Waals surface area contributed by atoms with Crippen LogP contribution in [0.15, 0.2) is 16.8 Å². The lowest BCUT2D eigenvalue weighted by Crippen LogP contribution is -2.33. The third kappa shape index (κ3) is 2.21. The van der Waals surface area contributed by atoms with E-state index in [4.69, 9.17) is 0 Å². The molecule has 0 spiro atoms. The zero-order chi connectivity index (χ0) is 10.8. The molecule has 1 saturated heterocycles. The van der Waals surface area contributed by atoms with Crippen LogP contribution in [0.25, 0.3) is 0 Å². The maximum absolute atomic E-state index is 11.7. The Hall–Kier alpha value is -0.870. The van der Waals surface area contributed by atoms with Crippen LogP contribution in [0.4, 0.5) is 0 Å². The van der Waals surface area contributed by atoms with E-state index in [2.05, 4.69) is 30.6 Å². The number of rotatable bonds is 3. The molecule has 2 rings (SSSR count). The van der Waals surface area contributed by atoms with Crippen LogP contribution in [-0.4, -0.2) is 23.9 Å². The molecular weight excluding hydrogens is 208 g/mol. The van der Waals surface area contributed by atoms with E-state index in [0.717, 1.165) is 6.54 Å². The molecule has 1 aliphatic heterocycles. The van der Waals surface area contributed by atoms with Gasteiger partial charge < -0.3 is 4.90 Å². The average molecular weight is 224 g/mol. The van der Waals surface area contributed by atoms with Gasteiger partial charge in [0.25, 0.3) is 0 Å². The number of nitrogens with zero attached hydrogens (tertiary/aromatic N) is 1. The largest absolute Gasteiger partial charge is 0.322 e. The van der Waals surface area contributed by atoms with Crippen molar-refractivity contribution < 1.29 is 4.79 Å². The zero-order valence-corrected chi connectivity index (χ0v) is 9.88. The van der Waals surface area contributed by atoms with Gasteiger partial charge in [-0.3, -0.25) is 10.1 Å². The van der Waals surface area contributed by atoms with Crippen molar-refractivity contribution in [2.75, 3.05) is 13.1 Å². The van der Waals surface area contributed by atoms with Gasteiger partial charge in [-0.1, -0.05) is 13.8 Å². The van der Waals surface area contributed by atoms with Gasteiger partial charge >= 0.3 is 0 Å². The lowest BCUT2D eigenvalue weighted by molar-refractivity contribution is -0.128. The zero-order valence-electron chi connectivity index (χ0n) is 9.06. The minimum Gasteiger partial charge on any atom is -0.322 e. The van der Waals surface area contributed by atoms with Crippen LogP contribution in [-0.2, 0) is 4.79 Å². The van der Waals surface area contributed by atoms with Gasteiger partial charge in [-0.25, -0.2) is 0 Å². The van der Waals surface area contributed by atoms with Crippen LogP contribution in [0.3, 0.4) is 0 Å². The molecule has 1 atom stereocenters. The fraction of sp³-hybridized carbons (Fsp3) is 0.545. The van der Waals surface area contributed by atoms with Crippen molar-refractivity contribution in [1.82, 2.24) is 10.2 Å². The number of thiophene rings is 1. The van der Waals surface area contributed by atoms with Crippen LogP contribution in [0.2, 0.25) is 0 Å². The molecule has 1 unspecified atom stereocenters. The van der Waals surface area contributed by atoms with E-state index < -0.39 is 0 Å². The summed E-state index contributed by atoms with van der Waals surface area (Å²) in [5.74, 6) is 0.717. The summed E-state index contributed by atoms with van der Waals surface area (Å²) in [5.41, 5.74) is 1.20. The van der Waals surface area contributed by atoms with E-state index >= 15 is 0 Å². The van der Waals surface area contributed by atoms with Crippen molar-refractivity contribution >= 4 is 17.2 Å². The van der Waals surface area contributed by atoms with Crippen molar-refractivity contribution in [2.24, 2.45) is 5.92 Å². The first-order valence-electron chi connectivity index (χ1n) is 5.23. The van der Waals surface area contributed by atoms with Gasteiger partial charge in [0.2, 0.25) is 5.91 Å². The Kier molecular flexibility index (Phi) is 3.07. The van der Waals surface area contributed by atoms with E-state index in [9.17, 15) is 4.79 Å². The molecular formula is C11H16N2OS. The van der Waals surface area contributed by atoms with Gasteiger partial charge in [-0.15, -0.1) is 0 Å². The number of amides is 1. The molecule has 1 aliphatic rings. The predicted molar refractivity (Wildman–Crippen MR) is 61.6 cm³/mol. The summed E-state index contributed by atoms with van der Waals surface area (Å²) in [6, 6.07) is 2.08. The molecule has 1 fully saturated rings. The molecule has 4 heteroatoms. The van der Waals surface area contributed by atoms with Crippen LogP contribution in [0.5, 0.6) is 0 Å². The van der Waals surface area contributed by atoms with E-state index in [0.29, 0.717) is 12.5 Å². The Morgan fingerprint density at radius 1 is 1.67 bits per heavy atom. The summed E-state index contributed by atoms with van der Waals surface area (Å²) in [5, 5.41) is 7.40. The summed E-state index contributed by atoms with van der Waals surface area (Å²) in [4.78, 5) is 13.6. The highest BCUT2D eigenvalue weighted by molar-refractivity contribution is 7.07. The second-order valence-electron chi connectivity index (χ2n) is 4.28. The van der Waals surface area contributed by atoms with Crippen LogP contribution in [0, 0.1) is 5.92 Å². The summed E-state index contributed by atoms with van der Waals surface area (Å²) in [6.07, 6.45) is 0.0890. The average Bonchev–Trinajstić information content (AvgIpc) is 2.76. The molecule has 2 heterocycles. The fourth-order valence-corrected chi connectivity index (χ4v) is 2.55. The third-order valence-electron chi connectivity index (χ3n) is 2.50.